The fourth-order valence-electron chi connectivity index (χ4n) is 3.11. The fraction of sp³-hybridized carbons (Fsp3) is 0.905. The molecule has 0 radical (unpaired) electrons. The van der Waals surface area contributed by atoms with Gasteiger partial charge in [-0.15, -0.1) is 0 Å². The van der Waals surface area contributed by atoms with Gasteiger partial charge in [-0.1, -0.05) is 0 Å². The van der Waals surface area contributed by atoms with E-state index in [2.05, 4.69) is 0 Å². The third-order valence-electron chi connectivity index (χ3n) is 4.46. The van der Waals surface area contributed by atoms with Gasteiger partial charge in [-0.3, -0.25) is 9.59 Å². The number of ether oxygens (including phenoxy) is 4. The maximum Gasteiger partial charge on any atom is 0.305 e. The van der Waals surface area contributed by atoms with Crippen molar-refractivity contribution in [1.29, 1.82) is 0 Å². The van der Waals surface area contributed by atoms with Gasteiger partial charge in [-0.05, 0) is 62.5 Å². The number of carbonyl (C=O) groups excluding carboxylic acids is 2. The highest BCUT2D eigenvalue weighted by molar-refractivity contribution is 7.99. The van der Waals surface area contributed by atoms with Gasteiger partial charge in [0.2, 0.25) is 0 Å². The van der Waals surface area contributed by atoms with Crippen molar-refractivity contribution < 1.29 is 28.5 Å². The number of hydrogen-bond acceptors (Lipinski definition) is 8. The lowest BCUT2D eigenvalue weighted by Gasteiger charge is -2.27. The molecular weight excluding hydrogens is 412 g/mol. The van der Waals surface area contributed by atoms with Crippen LogP contribution in [0.1, 0.15) is 65.2 Å². The lowest BCUT2D eigenvalue weighted by molar-refractivity contribution is -0.166. The van der Waals surface area contributed by atoms with Crippen molar-refractivity contribution in [2.75, 3.05) is 49.4 Å². The highest BCUT2D eigenvalue weighted by Crippen LogP contribution is 2.31. The Labute approximate surface area is 184 Å². The molecule has 8 heteroatoms. The first kappa shape index (κ1) is 26.6. The molecule has 170 valence electrons. The number of carbonyl (C=O) groups is 2. The van der Waals surface area contributed by atoms with Crippen LogP contribution < -0.4 is 0 Å². The molecule has 1 aliphatic heterocycles. The monoisotopic (exact) mass is 450 g/mol. The van der Waals surface area contributed by atoms with Crippen LogP contribution >= 0.6 is 23.5 Å². The molecule has 0 unspecified atom stereocenters. The van der Waals surface area contributed by atoms with E-state index in [4.69, 9.17) is 18.9 Å². The van der Waals surface area contributed by atoms with Gasteiger partial charge in [0.1, 0.15) is 0 Å². The van der Waals surface area contributed by atoms with Crippen LogP contribution in [0.5, 0.6) is 0 Å². The molecule has 1 heterocycles. The second-order valence-electron chi connectivity index (χ2n) is 6.86. The molecule has 0 aromatic heterocycles. The Morgan fingerprint density at radius 2 is 1.17 bits per heavy atom. The Morgan fingerprint density at radius 1 is 0.759 bits per heavy atom. The largest absolute Gasteiger partial charge is 0.466 e. The van der Waals surface area contributed by atoms with Crippen LogP contribution in [0.2, 0.25) is 0 Å². The molecule has 0 bridgehead atoms. The van der Waals surface area contributed by atoms with Crippen molar-refractivity contribution >= 4 is 35.5 Å². The molecule has 1 aliphatic rings. The third-order valence-corrected chi connectivity index (χ3v) is 6.77. The SMILES string of the molecule is CCOC(=O)CCCSCCCC1(CCCSCCCC(=O)OCC)OCCO1. The molecule has 0 aromatic rings. The number of thioether (sulfide) groups is 2. The zero-order valence-electron chi connectivity index (χ0n) is 18.1. The summed E-state index contributed by atoms with van der Waals surface area (Å²) < 4.78 is 21.8. The van der Waals surface area contributed by atoms with Gasteiger partial charge in [0, 0.05) is 25.7 Å². The van der Waals surface area contributed by atoms with Crippen molar-refractivity contribution in [3.63, 3.8) is 0 Å². The molecule has 0 atom stereocenters. The van der Waals surface area contributed by atoms with E-state index in [0.717, 1.165) is 61.5 Å². The Kier molecular flexibility index (Phi) is 15.8. The second-order valence-corrected chi connectivity index (χ2v) is 9.31. The third kappa shape index (κ3) is 13.5. The molecule has 1 fully saturated rings. The minimum Gasteiger partial charge on any atom is -0.466 e. The minimum atomic E-state index is -0.406. The zero-order chi connectivity index (χ0) is 21.2. The highest BCUT2D eigenvalue weighted by Gasteiger charge is 2.35. The molecule has 1 rings (SSSR count). The molecule has 6 nitrogen and oxygen atoms in total. The Morgan fingerprint density at radius 3 is 1.59 bits per heavy atom. The van der Waals surface area contributed by atoms with Crippen molar-refractivity contribution in [1.82, 2.24) is 0 Å². The summed E-state index contributed by atoms with van der Waals surface area (Å²) in [4.78, 5) is 22.6. The standard InChI is InChI=1S/C21H38O6S2/c1-3-24-19(22)9-5-15-28-17-7-11-21(26-13-14-27-21)12-8-18-29-16-6-10-20(23)25-4-2/h3-18H2,1-2H3. The van der Waals surface area contributed by atoms with Crippen molar-refractivity contribution in [2.24, 2.45) is 0 Å². The number of esters is 2. The van der Waals surface area contributed by atoms with Crippen LogP contribution in [0.15, 0.2) is 0 Å². The maximum absolute atomic E-state index is 11.3. The fourth-order valence-corrected chi connectivity index (χ4v) is 4.91. The van der Waals surface area contributed by atoms with Crippen LogP contribution in [0, 0.1) is 0 Å². The smallest absolute Gasteiger partial charge is 0.305 e. The number of hydrogen-bond donors (Lipinski definition) is 0. The predicted octanol–water partition coefficient (Wildman–Crippen LogP) is 4.44. The summed E-state index contributed by atoms with van der Waals surface area (Å²) in [6, 6.07) is 0. The quantitative estimate of drug-likeness (QED) is 0.224. The molecule has 0 amide bonds. The van der Waals surface area contributed by atoms with Crippen LogP contribution in [0.4, 0.5) is 0 Å². The summed E-state index contributed by atoms with van der Waals surface area (Å²) in [5.41, 5.74) is 0. The topological polar surface area (TPSA) is 71.1 Å². The zero-order valence-corrected chi connectivity index (χ0v) is 19.7. The lowest BCUT2D eigenvalue weighted by Crippen LogP contribution is -2.30. The Hall–Kier alpha value is -0.440. The molecule has 0 N–H and O–H groups in total. The molecule has 0 aliphatic carbocycles. The lowest BCUT2D eigenvalue weighted by atomic mass is 10.1. The van der Waals surface area contributed by atoms with Crippen molar-refractivity contribution in [3.8, 4) is 0 Å². The average Bonchev–Trinajstić information content (AvgIpc) is 3.16. The maximum atomic E-state index is 11.3. The molecule has 0 aromatic carbocycles. The van der Waals surface area contributed by atoms with Gasteiger partial charge >= 0.3 is 11.9 Å². The Bertz CT molecular complexity index is 407. The molecule has 1 saturated heterocycles. The van der Waals surface area contributed by atoms with Gasteiger partial charge < -0.3 is 18.9 Å². The minimum absolute atomic E-state index is 0.0985. The van der Waals surface area contributed by atoms with Crippen LogP contribution in [0.3, 0.4) is 0 Å². The van der Waals surface area contributed by atoms with E-state index in [-0.39, 0.29) is 11.9 Å². The van der Waals surface area contributed by atoms with E-state index in [1.807, 2.05) is 37.4 Å². The molecular formula is C21H38O6S2. The van der Waals surface area contributed by atoms with Gasteiger partial charge in [-0.25, -0.2) is 0 Å². The first-order valence-electron chi connectivity index (χ1n) is 10.9. The first-order valence-corrected chi connectivity index (χ1v) is 13.2. The number of rotatable bonds is 18. The summed E-state index contributed by atoms with van der Waals surface area (Å²) in [5.74, 6) is 3.47. The van der Waals surface area contributed by atoms with E-state index >= 15 is 0 Å². The van der Waals surface area contributed by atoms with Crippen LogP contribution in [0.25, 0.3) is 0 Å². The van der Waals surface area contributed by atoms with E-state index in [1.54, 1.807) is 0 Å². The van der Waals surface area contributed by atoms with Gasteiger partial charge in [-0.2, -0.15) is 23.5 Å². The van der Waals surface area contributed by atoms with Crippen molar-refractivity contribution in [3.05, 3.63) is 0 Å². The van der Waals surface area contributed by atoms with Crippen LogP contribution in [-0.2, 0) is 28.5 Å². The van der Waals surface area contributed by atoms with Gasteiger partial charge in [0.25, 0.3) is 0 Å². The van der Waals surface area contributed by atoms with E-state index in [0.29, 0.717) is 39.3 Å². The second kappa shape index (κ2) is 17.3. The normalized spacial score (nSPS) is 15.4. The summed E-state index contributed by atoms with van der Waals surface area (Å²) in [6.07, 6.45) is 6.71. The molecule has 29 heavy (non-hydrogen) atoms. The van der Waals surface area contributed by atoms with E-state index in [1.165, 1.54) is 0 Å². The summed E-state index contributed by atoms with van der Waals surface area (Å²) in [5, 5.41) is 0. The average molecular weight is 451 g/mol. The van der Waals surface area contributed by atoms with Gasteiger partial charge in [0.15, 0.2) is 5.79 Å². The molecule has 0 saturated carbocycles. The summed E-state index contributed by atoms with van der Waals surface area (Å²) in [6.45, 7) is 5.94. The highest BCUT2D eigenvalue weighted by atomic mass is 32.2. The predicted molar refractivity (Wildman–Crippen MR) is 119 cm³/mol. The van der Waals surface area contributed by atoms with E-state index in [9.17, 15) is 9.59 Å². The molecule has 0 spiro atoms. The summed E-state index contributed by atoms with van der Waals surface area (Å²) in [7, 11) is 0. The van der Waals surface area contributed by atoms with E-state index < -0.39 is 5.79 Å². The Balaban J connectivity index is 2.05. The van der Waals surface area contributed by atoms with Gasteiger partial charge in [0.05, 0.1) is 26.4 Å². The first-order chi connectivity index (χ1) is 14.1. The summed E-state index contributed by atoms with van der Waals surface area (Å²) >= 11 is 3.76. The van der Waals surface area contributed by atoms with Crippen molar-refractivity contribution in [2.45, 2.75) is 71.0 Å². The van der Waals surface area contributed by atoms with Crippen LogP contribution in [-0.4, -0.2) is 67.2 Å².